The van der Waals surface area contributed by atoms with Crippen LogP contribution in [-0.2, 0) is 9.47 Å². The monoisotopic (exact) mass is 216 g/mol. The van der Waals surface area contributed by atoms with Crippen LogP contribution in [0.2, 0.25) is 0 Å². The van der Waals surface area contributed by atoms with Crippen LogP contribution in [-0.4, -0.2) is 29.7 Å². The Balaban J connectivity index is 2.08. The smallest absolute Gasteiger partial charge is 0.181 e. The van der Waals surface area contributed by atoms with E-state index in [9.17, 15) is 0 Å². The van der Waals surface area contributed by atoms with Crippen molar-refractivity contribution in [2.24, 2.45) is 5.92 Å². The van der Waals surface area contributed by atoms with Crippen LogP contribution in [0, 0.1) is 5.92 Å². The maximum atomic E-state index is 9.01. The van der Waals surface area contributed by atoms with E-state index in [-0.39, 0.29) is 11.7 Å². The molecule has 0 bridgehead atoms. The maximum Gasteiger partial charge on any atom is 0.181 e. The van der Waals surface area contributed by atoms with Gasteiger partial charge in [-0.25, -0.2) is 0 Å². The Bertz CT molecular complexity index is 189. The lowest BCUT2D eigenvalue weighted by molar-refractivity contribution is -0.0299. The fourth-order valence-corrected chi connectivity index (χ4v) is 1.48. The molecule has 3 heteroatoms. The maximum absolute atomic E-state index is 9.01. The Morgan fingerprint density at radius 3 is 2.47 bits per heavy atom. The van der Waals surface area contributed by atoms with Gasteiger partial charge in [0.05, 0.1) is 5.60 Å². The lowest BCUT2D eigenvalue weighted by Crippen LogP contribution is -2.26. The van der Waals surface area contributed by atoms with Gasteiger partial charge < -0.3 is 14.6 Å². The molecule has 0 saturated carbocycles. The molecule has 1 fully saturated rings. The van der Waals surface area contributed by atoms with E-state index in [1.165, 1.54) is 0 Å². The second-order valence-corrected chi connectivity index (χ2v) is 5.39. The molecule has 0 aliphatic carbocycles. The largest absolute Gasteiger partial charge is 0.376 e. The summed E-state index contributed by atoms with van der Waals surface area (Å²) in [6.45, 7) is 9.42. The lowest BCUT2D eigenvalue weighted by atomic mass is 10.0. The van der Waals surface area contributed by atoms with Crippen LogP contribution >= 0.6 is 0 Å². The molecule has 0 spiro atoms. The summed E-state index contributed by atoms with van der Waals surface area (Å²) in [5.74, 6) is 0.689. The van der Waals surface area contributed by atoms with E-state index in [2.05, 4.69) is 27.7 Å². The first-order valence-electron chi connectivity index (χ1n) is 5.88. The Kier molecular flexibility index (Phi) is 4.56. The highest BCUT2D eigenvalue weighted by atomic mass is 16.7. The molecule has 2 unspecified atom stereocenters. The van der Waals surface area contributed by atoms with Crippen molar-refractivity contribution < 1.29 is 14.6 Å². The zero-order chi connectivity index (χ0) is 11.5. The van der Waals surface area contributed by atoms with E-state index in [0.29, 0.717) is 5.92 Å². The molecular weight excluding hydrogens is 192 g/mol. The first-order valence-corrected chi connectivity index (χ1v) is 5.88. The Morgan fingerprint density at radius 2 is 2.00 bits per heavy atom. The van der Waals surface area contributed by atoms with Gasteiger partial charge in [0, 0.05) is 6.61 Å². The van der Waals surface area contributed by atoms with Crippen molar-refractivity contribution in [2.45, 2.75) is 65.0 Å². The van der Waals surface area contributed by atoms with E-state index in [1.54, 1.807) is 0 Å². The minimum absolute atomic E-state index is 0.0537. The summed E-state index contributed by atoms with van der Waals surface area (Å²) in [5, 5.41) is 9.01. The quantitative estimate of drug-likeness (QED) is 0.664. The Labute approximate surface area is 92.8 Å². The summed E-state index contributed by atoms with van der Waals surface area (Å²) in [6.07, 6.45) is 2.46. The summed E-state index contributed by atoms with van der Waals surface area (Å²) in [6, 6.07) is 0. The molecule has 3 nitrogen and oxygen atoms in total. The van der Waals surface area contributed by atoms with Gasteiger partial charge in [0.15, 0.2) is 6.29 Å². The van der Waals surface area contributed by atoms with Crippen LogP contribution in [0.25, 0.3) is 0 Å². The molecule has 0 aromatic rings. The van der Waals surface area contributed by atoms with Gasteiger partial charge in [0.1, 0.15) is 6.10 Å². The van der Waals surface area contributed by atoms with Gasteiger partial charge in [-0.3, -0.25) is 0 Å². The second-order valence-electron chi connectivity index (χ2n) is 5.39. The van der Waals surface area contributed by atoms with Gasteiger partial charge in [0.2, 0.25) is 0 Å². The normalized spacial score (nSPS) is 26.0. The summed E-state index contributed by atoms with van der Waals surface area (Å²) in [5.41, 5.74) is -0.0967. The predicted molar refractivity (Wildman–Crippen MR) is 59.6 cm³/mol. The van der Waals surface area contributed by atoms with Gasteiger partial charge in [-0.15, -0.1) is 0 Å². The summed E-state index contributed by atoms with van der Waals surface area (Å²) < 4.78 is 10.8. The molecule has 15 heavy (non-hydrogen) atoms. The molecule has 0 aromatic heterocycles. The molecule has 1 heterocycles. The van der Waals surface area contributed by atoms with Crippen molar-refractivity contribution >= 4 is 0 Å². The van der Waals surface area contributed by atoms with Gasteiger partial charge in [-0.05, 0) is 39.0 Å². The fraction of sp³-hybridized carbons (Fsp3) is 1.00. The molecule has 1 aliphatic heterocycles. The molecular formula is C12H24O3. The third-order valence-corrected chi connectivity index (χ3v) is 2.77. The summed E-state index contributed by atoms with van der Waals surface area (Å²) in [4.78, 5) is 0. The fourth-order valence-electron chi connectivity index (χ4n) is 1.48. The van der Waals surface area contributed by atoms with Gasteiger partial charge in [-0.1, -0.05) is 13.8 Å². The molecule has 2 atom stereocenters. The van der Waals surface area contributed by atoms with Gasteiger partial charge in [0.25, 0.3) is 0 Å². The third kappa shape index (κ3) is 5.50. The highest BCUT2D eigenvalue weighted by Gasteiger charge is 2.37. The van der Waals surface area contributed by atoms with E-state index >= 15 is 0 Å². The van der Waals surface area contributed by atoms with Crippen LogP contribution in [0.4, 0.5) is 0 Å². The zero-order valence-corrected chi connectivity index (χ0v) is 10.3. The highest BCUT2D eigenvalue weighted by molar-refractivity contribution is 4.79. The predicted octanol–water partition coefficient (Wildman–Crippen LogP) is 2.33. The van der Waals surface area contributed by atoms with Crippen molar-refractivity contribution in [1.29, 1.82) is 0 Å². The SMILES string of the molecule is CC(C)CCOC(C)(C)CCC1OC1O. The van der Waals surface area contributed by atoms with E-state index in [1.807, 2.05) is 0 Å². The van der Waals surface area contributed by atoms with Crippen molar-refractivity contribution in [3.05, 3.63) is 0 Å². The zero-order valence-electron chi connectivity index (χ0n) is 10.3. The van der Waals surface area contributed by atoms with E-state index in [4.69, 9.17) is 14.6 Å². The number of epoxide rings is 1. The van der Waals surface area contributed by atoms with Crippen LogP contribution < -0.4 is 0 Å². The molecule has 0 amide bonds. The number of rotatable bonds is 7. The molecule has 1 N–H and O–H groups in total. The topological polar surface area (TPSA) is 42.0 Å². The van der Waals surface area contributed by atoms with Gasteiger partial charge in [-0.2, -0.15) is 0 Å². The first-order chi connectivity index (χ1) is 6.91. The molecule has 1 rings (SSSR count). The number of hydrogen-bond acceptors (Lipinski definition) is 3. The molecule has 1 aliphatic rings. The van der Waals surface area contributed by atoms with E-state index in [0.717, 1.165) is 25.9 Å². The van der Waals surface area contributed by atoms with E-state index < -0.39 is 6.29 Å². The average molecular weight is 216 g/mol. The van der Waals surface area contributed by atoms with Crippen molar-refractivity contribution in [2.75, 3.05) is 6.61 Å². The summed E-state index contributed by atoms with van der Waals surface area (Å²) in [7, 11) is 0. The third-order valence-electron chi connectivity index (χ3n) is 2.77. The minimum Gasteiger partial charge on any atom is -0.376 e. The summed E-state index contributed by atoms with van der Waals surface area (Å²) >= 11 is 0. The molecule has 0 radical (unpaired) electrons. The number of aliphatic hydroxyl groups excluding tert-OH is 1. The minimum atomic E-state index is -0.517. The molecule has 0 aromatic carbocycles. The van der Waals surface area contributed by atoms with Crippen LogP contribution in [0.5, 0.6) is 0 Å². The molecule has 1 saturated heterocycles. The van der Waals surface area contributed by atoms with Gasteiger partial charge >= 0.3 is 0 Å². The van der Waals surface area contributed by atoms with Crippen molar-refractivity contribution in [3.8, 4) is 0 Å². The average Bonchev–Trinajstić information content (AvgIpc) is 2.78. The second kappa shape index (κ2) is 5.28. The van der Waals surface area contributed by atoms with Crippen molar-refractivity contribution in [1.82, 2.24) is 0 Å². The standard InChI is InChI=1S/C12H24O3/c1-9(2)6-8-14-12(3,4)7-5-10-11(13)15-10/h9-11,13H,5-8H2,1-4H3. The van der Waals surface area contributed by atoms with Crippen molar-refractivity contribution in [3.63, 3.8) is 0 Å². The first kappa shape index (κ1) is 12.9. The number of ether oxygens (including phenoxy) is 2. The highest BCUT2D eigenvalue weighted by Crippen LogP contribution is 2.28. The lowest BCUT2D eigenvalue weighted by Gasteiger charge is -2.25. The number of aliphatic hydroxyl groups is 1. The van der Waals surface area contributed by atoms with Crippen LogP contribution in [0.15, 0.2) is 0 Å². The number of hydrogen-bond donors (Lipinski definition) is 1. The molecule has 90 valence electrons. The Morgan fingerprint density at radius 1 is 1.40 bits per heavy atom. The Hall–Kier alpha value is -0.120. The van der Waals surface area contributed by atoms with Crippen LogP contribution in [0.3, 0.4) is 0 Å². The van der Waals surface area contributed by atoms with Crippen LogP contribution in [0.1, 0.15) is 47.0 Å².